The van der Waals surface area contributed by atoms with E-state index in [1.54, 1.807) is 18.4 Å². The summed E-state index contributed by atoms with van der Waals surface area (Å²) >= 11 is 1.61. The topological polar surface area (TPSA) is 70.4 Å². The van der Waals surface area contributed by atoms with E-state index in [-0.39, 0.29) is 12.5 Å². The molecule has 1 fully saturated rings. The number of hydrogen-bond donors (Lipinski definition) is 0. The van der Waals surface area contributed by atoms with Crippen molar-refractivity contribution in [3.8, 4) is 6.07 Å². The molecule has 0 bridgehead atoms. The summed E-state index contributed by atoms with van der Waals surface area (Å²) in [5.74, 6) is -0.0779. The van der Waals surface area contributed by atoms with Crippen LogP contribution in [0.3, 0.4) is 0 Å². The van der Waals surface area contributed by atoms with Crippen molar-refractivity contribution in [3.63, 3.8) is 0 Å². The van der Waals surface area contributed by atoms with Crippen LogP contribution >= 0.6 is 11.3 Å². The molecular weight excluding hydrogens is 348 g/mol. The molecule has 0 N–H and O–H groups in total. The number of likely N-dealkylation sites (N-methyl/N-ethyl adjacent to an activating group) is 1. The summed E-state index contributed by atoms with van der Waals surface area (Å²) in [7, 11) is 1.65. The third-order valence-electron chi connectivity index (χ3n) is 5.85. The summed E-state index contributed by atoms with van der Waals surface area (Å²) in [4.78, 5) is 27.7. The van der Waals surface area contributed by atoms with Gasteiger partial charge in [-0.2, -0.15) is 5.26 Å². The molecule has 26 heavy (non-hydrogen) atoms. The van der Waals surface area contributed by atoms with Crippen molar-refractivity contribution in [1.82, 2.24) is 4.90 Å². The van der Waals surface area contributed by atoms with Crippen LogP contribution in [-0.2, 0) is 22.4 Å². The van der Waals surface area contributed by atoms with E-state index in [0.717, 1.165) is 44.1 Å². The SMILES string of the molecule is C[C@H]1CCc2c(C(=O)OCC(=O)N(C)C3(C#N)CCCCC3)csc2C1. The minimum atomic E-state index is -0.751. The Morgan fingerprint density at radius 3 is 2.81 bits per heavy atom. The second kappa shape index (κ2) is 7.79. The monoisotopic (exact) mass is 374 g/mol. The number of rotatable bonds is 4. The van der Waals surface area contributed by atoms with Crippen LogP contribution in [0.2, 0.25) is 0 Å². The summed E-state index contributed by atoms with van der Waals surface area (Å²) in [5, 5.41) is 11.5. The first-order valence-electron chi connectivity index (χ1n) is 9.41. The number of carbonyl (C=O) groups excluding carboxylic acids is 2. The van der Waals surface area contributed by atoms with E-state index in [4.69, 9.17) is 4.74 Å². The highest BCUT2D eigenvalue weighted by atomic mass is 32.1. The van der Waals surface area contributed by atoms with Crippen molar-refractivity contribution in [2.75, 3.05) is 13.7 Å². The van der Waals surface area contributed by atoms with Gasteiger partial charge in [0, 0.05) is 17.3 Å². The van der Waals surface area contributed by atoms with Gasteiger partial charge in [0.1, 0.15) is 5.54 Å². The minimum absolute atomic E-state index is 0.306. The lowest BCUT2D eigenvalue weighted by atomic mass is 9.81. The fourth-order valence-corrected chi connectivity index (χ4v) is 5.28. The molecule has 0 aliphatic heterocycles. The standard InChI is InChI=1S/C20H26N2O3S/c1-14-6-7-15-16(12-26-17(15)10-14)19(24)25-11-18(23)22(2)20(13-21)8-4-3-5-9-20/h12,14H,3-11H2,1-2H3/t14-/m0/s1. The van der Waals surface area contributed by atoms with Crippen molar-refractivity contribution in [1.29, 1.82) is 5.26 Å². The number of fused-ring (bicyclic) bond motifs is 1. The van der Waals surface area contributed by atoms with Crippen molar-refractivity contribution < 1.29 is 14.3 Å². The molecule has 1 atom stereocenters. The van der Waals surface area contributed by atoms with Crippen LogP contribution < -0.4 is 0 Å². The van der Waals surface area contributed by atoms with E-state index in [0.29, 0.717) is 24.3 Å². The summed E-state index contributed by atoms with van der Waals surface area (Å²) in [5.41, 5.74) is 0.957. The Hall–Kier alpha value is -1.87. The molecule has 140 valence electrons. The number of amides is 1. The van der Waals surface area contributed by atoms with E-state index < -0.39 is 11.5 Å². The maximum Gasteiger partial charge on any atom is 0.339 e. The zero-order valence-electron chi connectivity index (χ0n) is 15.5. The van der Waals surface area contributed by atoms with Crippen LogP contribution in [-0.4, -0.2) is 36.0 Å². The third-order valence-corrected chi connectivity index (χ3v) is 6.90. The second-order valence-corrected chi connectivity index (χ2v) is 8.60. The van der Waals surface area contributed by atoms with Crippen LogP contribution in [0, 0.1) is 17.2 Å². The molecular formula is C20H26N2O3S. The molecule has 3 rings (SSSR count). The van der Waals surface area contributed by atoms with Crippen molar-refractivity contribution >= 4 is 23.2 Å². The zero-order chi connectivity index (χ0) is 18.7. The zero-order valence-corrected chi connectivity index (χ0v) is 16.4. The molecule has 6 heteroatoms. The van der Waals surface area contributed by atoms with Crippen molar-refractivity contribution in [3.05, 3.63) is 21.4 Å². The van der Waals surface area contributed by atoms with Gasteiger partial charge in [-0.05, 0) is 43.6 Å². The molecule has 5 nitrogen and oxygen atoms in total. The average Bonchev–Trinajstić information content (AvgIpc) is 3.08. The van der Waals surface area contributed by atoms with Crippen LogP contribution in [0.1, 0.15) is 66.2 Å². The Morgan fingerprint density at radius 2 is 2.12 bits per heavy atom. The van der Waals surface area contributed by atoms with Gasteiger partial charge < -0.3 is 9.64 Å². The van der Waals surface area contributed by atoms with Crippen LogP contribution in [0.15, 0.2) is 5.38 Å². The van der Waals surface area contributed by atoms with Gasteiger partial charge in [-0.1, -0.05) is 26.2 Å². The molecule has 0 radical (unpaired) electrons. The highest BCUT2D eigenvalue weighted by molar-refractivity contribution is 7.10. The van der Waals surface area contributed by atoms with Gasteiger partial charge in [0.25, 0.3) is 5.91 Å². The van der Waals surface area contributed by atoms with Crippen LogP contribution in [0.4, 0.5) is 0 Å². The Bertz CT molecular complexity index is 728. The van der Waals surface area contributed by atoms with Crippen molar-refractivity contribution in [2.45, 2.75) is 63.8 Å². The first kappa shape index (κ1) is 18.9. The molecule has 1 aromatic heterocycles. The van der Waals surface area contributed by atoms with E-state index in [2.05, 4.69) is 13.0 Å². The Labute approximate surface area is 158 Å². The van der Waals surface area contributed by atoms with Gasteiger partial charge in [0.05, 0.1) is 11.6 Å². The lowest BCUT2D eigenvalue weighted by Crippen LogP contribution is -2.51. The quantitative estimate of drug-likeness (QED) is 0.753. The summed E-state index contributed by atoms with van der Waals surface area (Å²) in [6.07, 6.45) is 7.37. The van der Waals surface area contributed by atoms with Gasteiger partial charge in [0.2, 0.25) is 0 Å². The number of nitrogens with zero attached hydrogens (tertiary/aromatic N) is 2. The molecule has 0 saturated heterocycles. The van der Waals surface area contributed by atoms with Crippen molar-refractivity contribution in [2.24, 2.45) is 5.92 Å². The smallest absolute Gasteiger partial charge is 0.339 e. The van der Waals surface area contributed by atoms with Crippen LogP contribution in [0.25, 0.3) is 0 Å². The van der Waals surface area contributed by atoms with E-state index in [1.165, 1.54) is 9.78 Å². The first-order valence-corrected chi connectivity index (χ1v) is 10.3. The minimum Gasteiger partial charge on any atom is -0.452 e. The molecule has 2 aliphatic carbocycles. The Morgan fingerprint density at radius 1 is 1.38 bits per heavy atom. The normalized spacial score (nSPS) is 21.3. The molecule has 0 aromatic carbocycles. The average molecular weight is 375 g/mol. The lowest BCUT2D eigenvalue weighted by molar-refractivity contribution is -0.138. The fourth-order valence-electron chi connectivity index (χ4n) is 4.05. The highest BCUT2D eigenvalue weighted by Crippen LogP contribution is 2.34. The Balaban J connectivity index is 1.61. The summed E-state index contributed by atoms with van der Waals surface area (Å²) in [6.45, 7) is 1.92. The second-order valence-electron chi connectivity index (χ2n) is 7.63. The molecule has 1 aromatic rings. The number of ether oxygens (including phenoxy) is 1. The largest absolute Gasteiger partial charge is 0.452 e. The fraction of sp³-hybridized carbons (Fsp3) is 0.650. The maximum absolute atomic E-state index is 12.5. The first-order chi connectivity index (χ1) is 12.5. The van der Waals surface area contributed by atoms with Gasteiger partial charge in [-0.25, -0.2) is 4.79 Å². The molecule has 0 spiro atoms. The van der Waals surface area contributed by atoms with Gasteiger partial charge in [0.15, 0.2) is 6.61 Å². The lowest BCUT2D eigenvalue weighted by Gasteiger charge is -2.38. The number of carbonyl (C=O) groups is 2. The van der Waals surface area contributed by atoms with E-state index >= 15 is 0 Å². The number of nitriles is 1. The number of hydrogen-bond acceptors (Lipinski definition) is 5. The summed E-state index contributed by atoms with van der Waals surface area (Å²) in [6, 6.07) is 2.32. The van der Waals surface area contributed by atoms with Gasteiger partial charge in [-0.15, -0.1) is 11.3 Å². The molecule has 1 heterocycles. The highest BCUT2D eigenvalue weighted by Gasteiger charge is 2.39. The predicted octanol–water partition coefficient (Wildman–Crippen LogP) is 3.71. The summed E-state index contributed by atoms with van der Waals surface area (Å²) < 4.78 is 5.31. The van der Waals surface area contributed by atoms with Gasteiger partial charge >= 0.3 is 5.97 Å². The molecule has 1 amide bonds. The third kappa shape index (κ3) is 3.64. The van der Waals surface area contributed by atoms with Crippen LogP contribution in [0.5, 0.6) is 0 Å². The molecule has 2 aliphatic rings. The number of thiophene rings is 1. The molecule has 1 saturated carbocycles. The Kier molecular flexibility index (Phi) is 5.67. The maximum atomic E-state index is 12.5. The van der Waals surface area contributed by atoms with E-state index in [9.17, 15) is 14.9 Å². The molecule has 0 unspecified atom stereocenters. The van der Waals surface area contributed by atoms with Gasteiger partial charge in [-0.3, -0.25) is 4.79 Å². The number of esters is 1. The van der Waals surface area contributed by atoms with E-state index in [1.807, 2.05) is 5.38 Å². The predicted molar refractivity (Wildman–Crippen MR) is 100.0 cm³/mol.